The number of hydrogen-bond donors (Lipinski definition) is 1. The number of amides is 1. The zero-order chi connectivity index (χ0) is 25.8. The lowest BCUT2D eigenvalue weighted by molar-refractivity contribution is -0.130. The summed E-state index contributed by atoms with van der Waals surface area (Å²) in [5.74, 6) is 0.195. The van der Waals surface area contributed by atoms with Crippen molar-refractivity contribution in [3.05, 3.63) is 132 Å². The van der Waals surface area contributed by atoms with Crippen LogP contribution in [0.5, 0.6) is 11.5 Å². The molecule has 4 nitrogen and oxygen atoms in total. The van der Waals surface area contributed by atoms with Crippen LogP contribution in [0.4, 0.5) is 14.5 Å². The normalized spacial score (nSPS) is 17.4. The van der Waals surface area contributed by atoms with Crippen LogP contribution < -0.4 is 9.64 Å². The number of carbonyl (C=O) groups is 1. The quantitative estimate of drug-likeness (QED) is 0.269. The average Bonchev–Trinajstić information content (AvgIpc) is 2.92. The number of aliphatic hydroxyl groups excluding tert-OH is 1. The summed E-state index contributed by atoms with van der Waals surface area (Å²) in [6.45, 7) is -0.232. The third-order valence-corrected chi connectivity index (χ3v) is 6.52. The van der Waals surface area contributed by atoms with Crippen molar-refractivity contribution in [1.29, 1.82) is 0 Å². The van der Waals surface area contributed by atoms with Gasteiger partial charge >= 0.3 is 0 Å². The molecule has 0 radical (unpaired) electrons. The summed E-state index contributed by atoms with van der Waals surface area (Å²) in [5.41, 5.74) is 2.85. The Morgan fingerprint density at radius 1 is 0.811 bits per heavy atom. The maximum atomic E-state index is 13.6. The fraction of sp³-hybridized carbons (Fsp3) is 0.129. The highest BCUT2D eigenvalue weighted by Gasteiger charge is 2.48. The average molecular weight is 498 g/mol. The number of halogens is 2. The number of carbonyl (C=O) groups excluding carboxylic acids is 1. The van der Waals surface area contributed by atoms with Crippen LogP contribution in [-0.2, 0) is 4.79 Å². The first-order valence-electron chi connectivity index (χ1n) is 12.0. The van der Waals surface area contributed by atoms with E-state index in [0.717, 1.165) is 11.3 Å². The summed E-state index contributed by atoms with van der Waals surface area (Å²) in [6, 6.07) is 28.5. The molecule has 1 heterocycles. The Morgan fingerprint density at radius 3 is 2.03 bits per heavy atom. The third kappa shape index (κ3) is 5.29. The lowest BCUT2D eigenvalue weighted by atomic mass is 9.79. The summed E-state index contributed by atoms with van der Waals surface area (Å²) in [5, 5.41) is 9.90. The largest absolute Gasteiger partial charge is 0.457 e. The highest BCUT2D eigenvalue weighted by atomic mass is 19.1. The van der Waals surface area contributed by atoms with Gasteiger partial charge in [-0.05, 0) is 83.8 Å². The molecule has 1 fully saturated rings. The van der Waals surface area contributed by atoms with Gasteiger partial charge in [-0.3, -0.25) is 4.79 Å². The molecule has 37 heavy (non-hydrogen) atoms. The van der Waals surface area contributed by atoms with Crippen molar-refractivity contribution in [2.75, 3.05) is 11.5 Å². The molecule has 0 aliphatic carbocycles. The van der Waals surface area contributed by atoms with E-state index in [2.05, 4.69) is 0 Å². The zero-order valence-corrected chi connectivity index (χ0v) is 19.9. The van der Waals surface area contributed by atoms with E-state index in [4.69, 9.17) is 4.74 Å². The van der Waals surface area contributed by atoms with Gasteiger partial charge in [0.1, 0.15) is 23.1 Å². The topological polar surface area (TPSA) is 49.8 Å². The zero-order valence-electron chi connectivity index (χ0n) is 19.9. The second kappa shape index (κ2) is 10.8. The molecule has 0 unspecified atom stereocenters. The molecule has 1 amide bonds. The lowest BCUT2D eigenvalue weighted by Crippen LogP contribution is -2.55. The molecule has 0 aromatic heterocycles. The Hall–Kier alpha value is -4.29. The molecule has 2 atom stereocenters. The van der Waals surface area contributed by atoms with E-state index in [1.165, 1.54) is 24.3 Å². The van der Waals surface area contributed by atoms with Crippen LogP contribution >= 0.6 is 0 Å². The van der Waals surface area contributed by atoms with E-state index < -0.39 is 0 Å². The second-order valence-corrected chi connectivity index (χ2v) is 8.85. The molecule has 1 aliphatic rings. The van der Waals surface area contributed by atoms with E-state index in [-0.39, 0.29) is 36.1 Å². The predicted octanol–water partition coefficient (Wildman–Crippen LogP) is 6.93. The number of allylic oxidation sites excluding steroid dienone is 1. The van der Waals surface area contributed by atoms with Crippen LogP contribution in [0, 0.1) is 17.6 Å². The summed E-state index contributed by atoms with van der Waals surface area (Å²) >= 11 is 0. The van der Waals surface area contributed by atoms with Crippen molar-refractivity contribution in [2.45, 2.75) is 12.5 Å². The number of hydrogen-bond acceptors (Lipinski definition) is 3. The Morgan fingerprint density at radius 2 is 1.41 bits per heavy atom. The summed E-state index contributed by atoms with van der Waals surface area (Å²) in [4.78, 5) is 15.0. The predicted molar refractivity (Wildman–Crippen MR) is 139 cm³/mol. The summed E-state index contributed by atoms with van der Waals surface area (Å²) in [6.07, 6.45) is 2.22. The maximum absolute atomic E-state index is 13.6. The van der Waals surface area contributed by atoms with Crippen molar-refractivity contribution in [1.82, 2.24) is 0 Å². The first-order valence-corrected chi connectivity index (χ1v) is 12.0. The molecular weight excluding hydrogens is 472 g/mol. The smallest absolute Gasteiger partial charge is 0.233 e. The minimum absolute atomic E-state index is 0.0890. The Kier molecular flexibility index (Phi) is 7.10. The number of rotatable bonds is 8. The number of nitrogens with zero attached hydrogens (tertiary/aromatic N) is 1. The van der Waals surface area contributed by atoms with Gasteiger partial charge in [-0.25, -0.2) is 8.78 Å². The van der Waals surface area contributed by atoms with Crippen molar-refractivity contribution < 1.29 is 23.4 Å². The minimum Gasteiger partial charge on any atom is -0.457 e. The van der Waals surface area contributed by atoms with Crippen molar-refractivity contribution in [3.8, 4) is 11.5 Å². The lowest BCUT2D eigenvalue weighted by Gasteiger charge is -2.47. The Bertz CT molecular complexity index is 1390. The molecule has 4 aromatic carbocycles. The van der Waals surface area contributed by atoms with Gasteiger partial charge in [0.15, 0.2) is 0 Å². The molecule has 1 saturated heterocycles. The Labute approximate surface area is 214 Å². The molecule has 1 aliphatic heterocycles. The fourth-order valence-corrected chi connectivity index (χ4v) is 4.61. The number of para-hydroxylation sites is 1. The number of β-lactam (4-membered cyclic amide) rings is 1. The third-order valence-electron chi connectivity index (χ3n) is 6.52. The van der Waals surface area contributed by atoms with E-state index in [1.54, 1.807) is 29.2 Å². The number of anilines is 1. The molecule has 0 saturated carbocycles. The number of aliphatic hydroxyl groups is 1. The standard InChI is InChI=1S/C31H25F2NO3/c32-24-11-6-21(7-12-24)23(20-35)10-19-29-30(34(31(29)36)26-15-13-25(33)14-16-26)22-8-17-28(18-9-22)37-27-4-2-1-3-5-27/h1-18,29-30,35H,19-20H2/b23-10+/t29-,30-/m1/s1. The van der Waals surface area contributed by atoms with E-state index in [9.17, 15) is 18.7 Å². The van der Waals surface area contributed by atoms with Crippen molar-refractivity contribution >= 4 is 17.2 Å². The molecule has 4 aromatic rings. The molecule has 1 N–H and O–H groups in total. The first kappa shape index (κ1) is 24.4. The summed E-state index contributed by atoms with van der Waals surface area (Å²) < 4.78 is 32.8. The van der Waals surface area contributed by atoms with E-state index in [0.29, 0.717) is 29.0 Å². The van der Waals surface area contributed by atoms with Crippen molar-refractivity contribution in [3.63, 3.8) is 0 Å². The molecule has 6 heteroatoms. The number of benzene rings is 4. The SMILES string of the molecule is O=C1[C@H](C/C=C(\CO)c2ccc(F)cc2)[C@@H](c2ccc(Oc3ccccc3)cc2)N1c1ccc(F)cc1. The number of ether oxygens (including phenoxy) is 1. The molecular formula is C31H25F2NO3. The Balaban J connectivity index is 1.42. The van der Waals surface area contributed by atoms with Gasteiger partial charge in [0, 0.05) is 5.69 Å². The van der Waals surface area contributed by atoms with Crippen molar-refractivity contribution in [2.24, 2.45) is 5.92 Å². The fourth-order valence-electron chi connectivity index (χ4n) is 4.61. The first-order chi connectivity index (χ1) is 18.0. The van der Waals surface area contributed by atoms with Gasteiger partial charge in [0.05, 0.1) is 18.6 Å². The van der Waals surface area contributed by atoms with Crippen LogP contribution in [0.3, 0.4) is 0 Å². The van der Waals surface area contributed by atoms with Gasteiger partial charge < -0.3 is 14.7 Å². The van der Waals surface area contributed by atoms with Crippen LogP contribution in [-0.4, -0.2) is 17.6 Å². The van der Waals surface area contributed by atoms with E-state index in [1.807, 2.05) is 60.7 Å². The van der Waals surface area contributed by atoms with Gasteiger partial charge in [-0.2, -0.15) is 0 Å². The summed E-state index contributed by atoms with van der Waals surface area (Å²) in [7, 11) is 0. The van der Waals surface area contributed by atoms with E-state index >= 15 is 0 Å². The monoisotopic (exact) mass is 497 g/mol. The van der Waals surface area contributed by atoms with Crippen LogP contribution in [0.1, 0.15) is 23.6 Å². The van der Waals surface area contributed by atoms with Gasteiger partial charge in [-0.1, -0.05) is 48.5 Å². The second-order valence-electron chi connectivity index (χ2n) is 8.85. The molecule has 0 bridgehead atoms. The molecule has 0 spiro atoms. The maximum Gasteiger partial charge on any atom is 0.233 e. The van der Waals surface area contributed by atoms with Gasteiger partial charge in [0.2, 0.25) is 5.91 Å². The van der Waals surface area contributed by atoms with Crippen LogP contribution in [0.25, 0.3) is 5.57 Å². The molecule has 186 valence electrons. The molecule has 5 rings (SSSR count). The van der Waals surface area contributed by atoms with Crippen LogP contribution in [0.15, 0.2) is 109 Å². The van der Waals surface area contributed by atoms with Gasteiger partial charge in [-0.15, -0.1) is 0 Å². The minimum atomic E-state index is -0.382. The highest BCUT2D eigenvalue weighted by Crippen LogP contribution is 2.46. The highest BCUT2D eigenvalue weighted by molar-refractivity contribution is 6.03. The van der Waals surface area contributed by atoms with Gasteiger partial charge in [0.25, 0.3) is 0 Å². The van der Waals surface area contributed by atoms with Crippen LogP contribution in [0.2, 0.25) is 0 Å².